The van der Waals surface area contributed by atoms with Crippen LogP contribution < -0.4 is 10.1 Å². The van der Waals surface area contributed by atoms with Crippen molar-refractivity contribution >= 4 is 29.2 Å². The van der Waals surface area contributed by atoms with Crippen molar-refractivity contribution in [3.05, 3.63) is 64.6 Å². The van der Waals surface area contributed by atoms with Gasteiger partial charge in [0, 0.05) is 23.5 Å². The van der Waals surface area contributed by atoms with Crippen molar-refractivity contribution in [1.82, 2.24) is 19.9 Å². The molecule has 1 N–H and O–H groups in total. The second-order valence-electron chi connectivity index (χ2n) is 7.52. The Morgan fingerprint density at radius 3 is 2.77 bits per heavy atom. The maximum Gasteiger partial charge on any atom is 0.340 e. The van der Waals surface area contributed by atoms with Gasteiger partial charge in [0.15, 0.2) is 13.0 Å². The molecular weight excluding hydrogens is 498 g/mol. The normalized spacial score (nSPS) is 14.3. The second-order valence-corrected chi connectivity index (χ2v) is 7.93. The maximum atomic E-state index is 13.1. The van der Waals surface area contributed by atoms with E-state index >= 15 is 0 Å². The molecule has 1 aliphatic heterocycles. The number of carbonyl (C=O) groups excluding carboxylic acids is 2. The average molecular weight is 514 g/mol. The largest absolute Gasteiger partial charge is 0.470 e. The highest BCUT2D eigenvalue weighted by Gasteiger charge is 2.42. The van der Waals surface area contributed by atoms with Crippen LogP contribution in [0.15, 0.2) is 41.5 Å². The van der Waals surface area contributed by atoms with Crippen molar-refractivity contribution in [2.24, 2.45) is 0 Å². The van der Waals surface area contributed by atoms with Gasteiger partial charge in [-0.2, -0.15) is 8.78 Å². The lowest BCUT2D eigenvalue weighted by molar-refractivity contribution is -0.148. The molecule has 9 nitrogen and oxygen atoms in total. The Bertz CT molecular complexity index is 1260. The van der Waals surface area contributed by atoms with Crippen molar-refractivity contribution < 1.29 is 36.3 Å². The maximum absolute atomic E-state index is 13.1. The van der Waals surface area contributed by atoms with Gasteiger partial charge in [-0.3, -0.25) is 9.59 Å². The Labute approximate surface area is 200 Å². The zero-order valence-corrected chi connectivity index (χ0v) is 18.6. The van der Waals surface area contributed by atoms with Gasteiger partial charge in [-0.25, -0.2) is 23.7 Å². The predicted octanol–water partition coefficient (Wildman–Crippen LogP) is 4.37. The molecule has 184 valence electrons. The van der Waals surface area contributed by atoms with E-state index in [1.165, 1.54) is 35.6 Å². The molecule has 3 aromatic heterocycles. The Balaban J connectivity index is 1.50. The van der Waals surface area contributed by atoms with E-state index in [4.69, 9.17) is 16.0 Å². The molecular formula is C21H16ClF4N5O4. The minimum Gasteiger partial charge on any atom is -0.470 e. The van der Waals surface area contributed by atoms with Gasteiger partial charge in [0.1, 0.15) is 10.8 Å². The number of nitrogens with one attached hydrogen (secondary N) is 1. The molecule has 1 unspecified atom stereocenters. The van der Waals surface area contributed by atoms with Crippen LogP contribution in [0.2, 0.25) is 5.02 Å². The number of ether oxygens (including phenoxy) is 1. The third kappa shape index (κ3) is 4.90. The van der Waals surface area contributed by atoms with Crippen LogP contribution in [-0.4, -0.2) is 50.6 Å². The first kappa shape index (κ1) is 24.4. The van der Waals surface area contributed by atoms with Crippen LogP contribution in [0.5, 0.6) is 5.88 Å². The molecule has 3 aromatic rings. The molecule has 0 aromatic carbocycles. The third-order valence-electron chi connectivity index (χ3n) is 5.26. The minimum absolute atomic E-state index is 0.0340. The van der Waals surface area contributed by atoms with Crippen molar-refractivity contribution in [2.45, 2.75) is 31.9 Å². The number of nitrogens with zero attached hydrogens (tertiary/aromatic N) is 4. The van der Waals surface area contributed by atoms with E-state index in [0.29, 0.717) is 16.7 Å². The van der Waals surface area contributed by atoms with E-state index in [1.54, 1.807) is 6.92 Å². The van der Waals surface area contributed by atoms with Crippen LogP contribution in [0.1, 0.15) is 45.0 Å². The number of fused-ring (bicyclic) bond motifs is 1. The first-order valence-corrected chi connectivity index (χ1v) is 10.4. The summed E-state index contributed by atoms with van der Waals surface area (Å²) in [5.41, 5.74) is 1.24. The molecule has 0 radical (unpaired) electrons. The SMILES string of the molecule is CC(c1cnc(OCC(F)(F)C(F)F)c(Cl)c1)N1Cc2c(ccnc2NC(=O)c2cnco2)C1=O. The summed E-state index contributed by atoms with van der Waals surface area (Å²) in [5, 5.41) is 2.40. The number of pyridine rings is 2. The highest BCUT2D eigenvalue weighted by molar-refractivity contribution is 6.31. The molecule has 0 bridgehead atoms. The van der Waals surface area contributed by atoms with Gasteiger partial charge in [-0.05, 0) is 24.6 Å². The quantitative estimate of drug-likeness (QED) is 0.445. The lowest BCUT2D eigenvalue weighted by Crippen LogP contribution is -2.34. The van der Waals surface area contributed by atoms with E-state index in [0.717, 1.165) is 6.39 Å². The van der Waals surface area contributed by atoms with Gasteiger partial charge >= 0.3 is 12.3 Å². The smallest absolute Gasteiger partial charge is 0.340 e. The number of carbonyl (C=O) groups is 2. The number of halogens is 5. The molecule has 0 spiro atoms. The van der Waals surface area contributed by atoms with Crippen LogP contribution in [0.3, 0.4) is 0 Å². The van der Waals surface area contributed by atoms with Crippen molar-refractivity contribution in [1.29, 1.82) is 0 Å². The van der Waals surface area contributed by atoms with Gasteiger partial charge in [-0.1, -0.05) is 11.6 Å². The highest BCUT2D eigenvalue weighted by Crippen LogP contribution is 2.36. The lowest BCUT2D eigenvalue weighted by Gasteiger charge is -2.25. The Morgan fingerprint density at radius 1 is 1.34 bits per heavy atom. The number of aromatic nitrogens is 3. The third-order valence-corrected chi connectivity index (χ3v) is 5.53. The summed E-state index contributed by atoms with van der Waals surface area (Å²) in [5.74, 6) is -5.61. The summed E-state index contributed by atoms with van der Waals surface area (Å²) >= 11 is 6.05. The Kier molecular flexibility index (Phi) is 6.61. The number of hydrogen-bond acceptors (Lipinski definition) is 7. The Morgan fingerprint density at radius 2 is 2.11 bits per heavy atom. The molecule has 14 heteroatoms. The molecule has 0 fully saturated rings. The zero-order valence-electron chi connectivity index (χ0n) is 17.8. The summed E-state index contributed by atoms with van der Waals surface area (Å²) in [6.07, 6.45) is 1.05. The van der Waals surface area contributed by atoms with Crippen LogP contribution in [-0.2, 0) is 6.54 Å². The average Bonchev–Trinajstić information content (AvgIpc) is 3.47. The second kappa shape index (κ2) is 9.49. The van der Waals surface area contributed by atoms with Crippen LogP contribution in [0, 0.1) is 0 Å². The first-order valence-electron chi connectivity index (χ1n) is 10.0. The zero-order chi connectivity index (χ0) is 25.3. The highest BCUT2D eigenvalue weighted by atomic mass is 35.5. The first-order chi connectivity index (χ1) is 16.6. The van der Waals surface area contributed by atoms with Gasteiger partial charge < -0.3 is 19.4 Å². The summed E-state index contributed by atoms with van der Waals surface area (Å²) < 4.78 is 60.5. The predicted molar refractivity (Wildman–Crippen MR) is 113 cm³/mol. The molecule has 4 rings (SSSR count). The van der Waals surface area contributed by atoms with E-state index in [2.05, 4.69) is 25.0 Å². The number of amides is 2. The number of anilines is 1. The fourth-order valence-corrected chi connectivity index (χ4v) is 3.58. The monoisotopic (exact) mass is 513 g/mol. The Hall–Kier alpha value is -3.74. The summed E-state index contributed by atoms with van der Waals surface area (Å²) in [7, 11) is 0. The molecule has 0 saturated heterocycles. The molecule has 0 saturated carbocycles. The molecule has 2 amide bonds. The minimum atomic E-state index is -4.36. The number of alkyl halides is 4. The van der Waals surface area contributed by atoms with E-state index in [-0.39, 0.29) is 29.1 Å². The molecule has 0 aliphatic carbocycles. The summed E-state index contributed by atoms with van der Waals surface area (Å²) in [4.78, 5) is 38.5. The van der Waals surface area contributed by atoms with E-state index in [1.807, 2.05) is 0 Å². The van der Waals surface area contributed by atoms with Crippen molar-refractivity contribution in [2.75, 3.05) is 11.9 Å². The van der Waals surface area contributed by atoms with E-state index < -0.39 is 36.8 Å². The molecule has 4 heterocycles. The van der Waals surface area contributed by atoms with Crippen molar-refractivity contribution in [3.8, 4) is 5.88 Å². The van der Waals surface area contributed by atoms with Gasteiger partial charge in [0.25, 0.3) is 11.8 Å². The van der Waals surface area contributed by atoms with Gasteiger partial charge in [-0.15, -0.1) is 0 Å². The standard InChI is InChI=1S/C21H16ClF4N5O4/c1-10(11-4-14(22)18(29-5-11)34-8-21(25,26)20(23)24)31-7-13-12(19(31)33)2-3-28-16(13)30-17(32)15-6-27-9-35-15/h2-6,9-10,20H,7-8H2,1H3,(H,28,30,32). The summed E-state index contributed by atoms with van der Waals surface area (Å²) in [6, 6.07) is 2.27. The number of rotatable bonds is 8. The van der Waals surface area contributed by atoms with Crippen molar-refractivity contribution in [3.63, 3.8) is 0 Å². The van der Waals surface area contributed by atoms with E-state index in [9.17, 15) is 27.2 Å². The number of hydrogen-bond donors (Lipinski definition) is 1. The van der Waals surface area contributed by atoms with Gasteiger partial charge in [0.05, 0.1) is 18.8 Å². The number of oxazole rings is 1. The topological polar surface area (TPSA) is 110 Å². The molecule has 1 aliphatic rings. The molecule has 35 heavy (non-hydrogen) atoms. The van der Waals surface area contributed by atoms with Crippen LogP contribution in [0.25, 0.3) is 0 Å². The fourth-order valence-electron chi connectivity index (χ4n) is 3.35. The fraction of sp³-hybridized carbons (Fsp3) is 0.286. The summed E-state index contributed by atoms with van der Waals surface area (Å²) in [6.45, 7) is 0.177. The van der Waals surface area contributed by atoms with Gasteiger partial charge in [0.2, 0.25) is 11.6 Å². The lowest BCUT2D eigenvalue weighted by atomic mass is 10.1. The molecule has 1 atom stereocenters. The van der Waals surface area contributed by atoms with Crippen LogP contribution in [0.4, 0.5) is 23.4 Å². The van der Waals surface area contributed by atoms with Crippen LogP contribution >= 0.6 is 11.6 Å².